The molecule has 0 heterocycles. The van der Waals surface area contributed by atoms with E-state index in [4.69, 9.17) is 19.9 Å². The highest BCUT2D eigenvalue weighted by Crippen LogP contribution is 2.38. The van der Waals surface area contributed by atoms with Crippen molar-refractivity contribution >= 4 is 17.8 Å². The van der Waals surface area contributed by atoms with E-state index in [0.717, 1.165) is 12.5 Å². The quantitative estimate of drug-likeness (QED) is 0.613. The molecule has 0 unspecified atom stereocenters. The normalized spacial score (nSPS) is 11.6. The van der Waals surface area contributed by atoms with Crippen LogP contribution in [0.2, 0.25) is 0 Å². The second kappa shape index (κ2) is 7.42. The van der Waals surface area contributed by atoms with Crippen molar-refractivity contribution in [2.45, 2.75) is 12.8 Å². The predicted molar refractivity (Wildman–Crippen MR) is 95.4 cm³/mol. The highest BCUT2D eigenvalue weighted by molar-refractivity contribution is 5.77. The van der Waals surface area contributed by atoms with Crippen molar-refractivity contribution in [3.05, 3.63) is 47.0 Å². The summed E-state index contributed by atoms with van der Waals surface area (Å²) in [5.41, 5.74) is 7.48. The van der Waals surface area contributed by atoms with Crippen LogP contribution in [0.3, 0.4) is 0 Å². The molecule has 0 bridgehead atoms. The van der Waals surface area contributed by atoms with E-state index in [1.54, 1.807) is 30.4 Å². The van der Waals surface area contributed by atoms with E-state index in [1.165, 1.54) is 33.5 Å². The van der Waals surface area contributed by atoms with E-state index in [9.17, 15) is 8.78 Å². The van der Waals surface area contributed by atoms with E-state index in [2.05, 4.69) is 0 Å². The summed E-state index contributed by atoms with van der Waals surface area (Å²) in [4.78, 5) is 0. The van der Waals surface area contributed by atoms with Crippen molar-refractivity contribution in [2.24, 2.45) is 0 Å². The first-order valence-electron chi connectivity index (χ1n) is 7.56. The van der Waals surface area contributed by atoms with Gasteiger partial charge in [0, 0.05) is 18.2 Å². The first kappa shape index (κ1) is 18.6. The van der Waals surface area contributed by atoms with Gasteiger partial charge in [-0.1, -0.05) is 24.3 Å². The Hall–Kier alpha value is -2.76. The summed E-state index contributed by atoms with van der Waals surface area (Å²) in [5, 5.41) is 0. The van der Waals surface area contributed by atoms with Gasteiger partial charge in [0.15, 0.2) is 11.5 Å². The minimum absolute atomic E-state index is 0.116. The van der Waals surface area contributed by atoms with E-state index >= 15 is 0 Å². The number of methoxy groups -OCH3 is 3. The maximum Gasteiger partial charge on any atom is 0.270 e. The van der Waals surface area contributed by atoms with Gasteiger partial charge in [0.05, 0.1) is 21.3 Å². The smallest absolute Gasteiger partial charge is 0.270 e. The first-order chi connectivity index (χ1) is 11.8. The number of halogens is 2. The summed E-state index contributed by atoms with van der Waals surface area (Å²) >= 11 is 0. The van der Waals surface area contributed by atoms with Crippen LogP contribution in [-0.2, 0) is 5.92 Å². The van der Waals surface area contributed by atoms with Crippen LogP contribution in [0, 0.1) is 0 Å². The topological polar surface area (TPSA) is 53.7 Å². The molecule has 2 rings (SSSR count). The molecule has 0 aliphatic rings. The number of nitrogens with two attached hydrogens (primary N) is 1. The number of benzene rings is 2. The summed E-state index contributed by atoms with van der Waals surface area (Å²) in [7, 11) is 4.60. The largest absolute Gasteiger partial charge is 0.493 e. The standard InChI is InChI=1S/C19H21F2NO3/c1-19(20,21)14-8-7-13(15(22)11-14)6-5-12-9-16(23-2)18(25-4)17(10-12)24-3/h5-11H,22H2,1-4H3. The fraction of sp³-hybridized carbons (Fsp3) is 0.263. The maximum atomic E-state index is 13.3. The third-order valence-corrected chi connectivity index (χ3v) is 3.74. The molecule has 25 heavy (non-hydrogen) atoms. The zero-order valence-electron chi connectivity index (χ0n) is 14.6. The lowest BCUT2D eigenvalue weighted by atomic mass is 10.0. The molecule has 2 N–H and O–H groups in total. The van der Waals surface area contributed by atoms with E-state index in [-0.39, 0.29) is 11.3 Å². The SMILES string of the molecule is COc1cc(C=Cc2ccc(C(C)(F)F)cc2N)cc(OC)c1OC. The Kier molecular flexibility index (Phi) is 5.51. The molecule has 2 aromatic carbocycles. The van der Waals surface area contributed by atoms with E-state index in [0.29, 0.717) is 22.8 Å². The van der Waals surface area contributed by atoms with Crippen molar-refractivity contribution in [3.8, 4) is 17.2 Å². The minimum atomic E-state index is -2.92. The molecule has 0 aromatic heterocycles. The number of ether oxygens (including phenoxy) is 3. The van der Waals surface area contributed by atoms with Gasteiger partial charge in [-0.2, -0.15) is 0 Å². The van der Waals surface area contributed by atoms with Gasteiger partial charge in [-0.25, -0.2) is 8.78 Å². The van der Waals surface area contributed by atoms with Crippen LogP contribution in [-0.4, -0.2) is 21.3 Å². The molecule has 0 radical (unpaired) electrons. The lowest BCUT2D eigenvalue weighted by Gasteiger charge is -2.13. The third kappa shape index (κ3) is 4.21. The van der Waals surface area contributed by atoms with Crippen LogP contribution in [0.15, 0.2) is 30.3 Å². The maximum absolute atomic E-state index is 13.3. The number of hydrogen-bond acceptors (Lipinski definition) is 4. The number of anilines is 1. The van der Waals surface area contributed by atoms with Crippen LogP contribution in [0.1, 0.15) is 23.6 Å². The zero-order chi connectivity index (χ0) is 18.6. The van der Waals surface area contributed by atoms with Gasteiger partial charge >= 0.3 is 0 Å². The Labute approximate surface area is 145 Å². The Bertz CT molecular complexity index is 758. The average Bonchev–Trinajstić information content (AvgIpc) is 2.58. The van der Waals surface area contributed by atoms with Gasteiger partial charge in [-0.3, -0.25) is 0 Å². The first-order valence-corrected chi connectivity index (χ1v) is 7.56. The second-order valence-corrected chi connectivity index (χ2v) is 5.52. The Morgan fingerprint density at radius 2 is 1.52 bits per heavy atom. The monoisotopic (exact) mass is 349 g/mol. The summed E-state index contributed by atoms with van der Waals surface area (Å²) < 4.78 is 42.6. The Morgan fingerprint density at radius 1 is 0.920 bits per heavy atom. The predicted octanol–water partition coefficient (Wildman–Crippen LogP) is 4.58. The molecule has 0 saturated carbocycles. The fourth-order valence-corrected chi connectivity index (χ4v) is 2.38. The molecule has 0 spiro atoms. The minimum Gasteiger partial charge on any atom is -0.493 e. The Balaban J connectivity index is 2.36. The van der Waals surface area contributed by atoms with Crippen molar-refractivity contribution in [2.75, 3.05) is 27.1 Å². The molecular formula is C19H21F2NO3. The molecule has 0 aliphatic heterocycles. The van der Waals surface area contributed by atoms with Gasteiger partial charge in [0.2, 0.25) is 5.75 Å². The molecule has 0 saturated heterocycles. The molecular weight excluding hydrogens is 328 g/mol. The van der Waals surface area contributed by atoms with Crippen LogP contribution in [0.4, 0.5) is 14.5 Å². The summed E-state index contributed by atoms with van der Waals surface area (Å²) in [6, 6.07) is 7.78. The van der Waals surface area contributed by atoms with Gasteiger partial charge in [-0.15, -0.1) is 0 Å². The molecule has 134 valence electrons. The highest BCUT2D eigenvalue weighted by atomic mass is 19.3. The molecule has 0 atom stereocenters. The molecule has 6 heteroatoms. The molecule has 2 aromatic rings. The van der Waals surface area contributed by atoms with Crippen LogP contribution in [0.5, 0.6) is 17.2 Å². The van der Waals surface area contributed by atoms with Crippen LogP contribution in [0.25, 0.3) is 12.2 Å². The van der Waals surface area contributed by atoms with Gasteiger partial charge < -0.3 is 19.9 Å². The van der Waals surface area contributed by atoms with Gasteiger partial charge in [0.1, 0.15) is 0 Å². The Morgan fingerprint density at radius 3 is 1.96 bits per heavy atom. The van der Waals surface area contributed by atoms with E-state index < -0.39 is 5.92 Å². The highest BCUT2D eigenvalue weighted by Gasteiger charge is 2.24. The van der Waals surface area contributed by atoms with Crippen molar-refractivity contribution < 1.29 is 23.0 Å². The zero-order valence-corrected chi connectivity index (χ0v) is 14.6. The van der Waals surface area contributed by atoms with Gasteiger partial charge in [-0.05, 0) is 29.3 Å². The molecule has 0 amide bonds. The lowest BCUT2D eigenvalue weighted by molar-refractivity contribution is 0.0175. The van der Waals surface area contributed by atoms with Crippen LogP contribution < -0.4 is 19.9 Å². The molecule has 0 aliphatic carbocycles. The number of hydrogen-bond donors (Lipinski definition) is 1. The van der Waals surface area contributed by atoms with Gasteiger partial charge in [0.25, 0.3) is 5.92 Å². The lowest BCUT2D eigenvalue weighted by Crippen LogP contribution is -2.07. The van der Waals surface area contributed by atoms with E-state index in [1.807, 2.05) is 0 Å². The second-order valence-electron chi connectivity index (χ2n) is 5.52. The molecule has 4 nitrogen and oxygen atoms in total. The average molecular weight is 349 g/mol. The number of nitrogen functional groups attached to an aromatic ring is 1. The third-order valence-electron chi connectivity index (χ3n) is 3.74. The number of alkyl halides is 2. The van der Waals surface area contributed by atoms with Crippen LogP contribution >= 0.6 is 0 Å². The van der Waals surface area contributed by atoms with Crippen molar-refractivity contribution in [3.63, 3.8) is 0 Å². The summed E-state index contributed by atoms with van der Waals surface area (Å²) in [5.74, 6) is -1.38. The van der Waals surface area contributed by atoms with Crippen molar-refractivity contribution in [1.29, 1.82) is 0 Å². The summed E-state index contributed by atoms with van der Waals surface area (Å²) in [6.07, 6.45) is 3.54. The molecule has 0 fully saturated rings. The summed E-state index contributed by atoms with van der Waals surface area (Å²) in [6.45, 7) is 0.840. The number of rotatable bonds is 6. The fourth-order valence-electron chi connectivity index (χ4n) is 2.38. The van der Waals surface area contributed by atoms with Crippen molar-refractivity contribution in [1.82, 2.24) is 0 Å².